The van der Waals surface area contributed by atoms with Gasteiger partial charge in [0.05, 0.1) is 4.88 Å². The Balaban J connectivity index is 1.72. The maximum Gasteiger partial charge on any atom is 0.264 e. The fraction of sp³-hybridized carbons (Fsp3) is 0.308. The number of thiazole rings is 1. The SMILES string of the molecule is O=C(Nc1nccs1)[C@@H]1CCCN1C(=O)c1cccs1. The number of nitrogens with zero attached hydrogens (tertiary/aromatic N) is 2. The Kier molecular flexibility index (Phi) is 3.79. The van der Waals surface area contributed by atoms with E-state index in [4.69, 9.17) is 0 Å². The molecular weight excluding hydrogens is 294 g/mol. The van der Waals surface area contributed by atoms with Crippen LogP contribution in [-0.2, 0) is 4.79 Å². The van der Waals surface area contributed by atoms with Crippen molar-refractivity contribution in [3.05, 3.63) is 34.0 Å². The van der Waals surface area contributed by atoms with Gasteiger partial charge in [-0.05, 0) is 24.3 Å². The van der Waals surface area contributed by atoms with E-state index in [-0.39, 0.29) is 11.8 Å². The van der Waals surface area contributed by atoms with E-state index >= 15 is 0 Å². The van der Waals surface area contributed by atoms with Crippen molar-refractivity contribution in [1.29, 1.82) is 0 Å². The van der Waals surface area contributed by atoms with Crippen molar-refractivity contribution in [3.8, 4) is 0 Å². The minimum atomic E-state index is -0.395. The topological polar surface area (TPSA) is 62.3 Å². The minimum Gasteiger partial charge on any atom is -0.326 e. The van der Waals surface area contributed by atoms with E-state index in [1.807, 2.05) is 11.4 Å². The third-order valence-corrected chi connectivity index (χ3v) is 4.76. The van der Waals surface area contributed by atoms with Crippen LogP contribution in [0, 0.1) is 0 Å². The van der Waals surface area contributed by atoms with Crippen molar-refractivity contribution in [1.82, 2.24) is 9.88 Å². The highest BCUT2D eigenvalue weighted by Crippen LogP contribution is 2.23. The van der Waals surface area contributed by atoms with Gasteiger partial charge >= 0.3 is 0 Å². The van der Waals surface area contributed by atoms with Gasteiger partial charge < -0.3 is 10.2 Å². The number of thiophene rings is 1. The number of carbonyl (C=O) groups excluding carboxylic acids is 2. The summed E-state index contributed by atoms with van der Waals surface area (Å²) in [5, 5.41) is 7.02. The molecule has 0 unspecified atom stereocenters. The molecule has 1 saturated heterocycles. The van der Waals surface area contributed by atoms with Gasteiger partial charge in [0.1, 0.15) is 6.04 Å². The van der Waals surface area contributed by atoms with Crippen LogP contribution in [0.25, 0.3) is 0 Å². The van der Waals surface area contributed by atoms with Crippen LogP contribution in [-0.4, -0.2) is 34.3 Å². The van der Waals surface area contributed by atoms with Crippen LogP contribution in [0.1, 0.15) is 22.5 Å². The third-order valence-electron chi connectivity index (χ3n) is 3.21. The Morgan fingerprint density at radius 2 is 2.25 bits per heavy atom. The largest absolute Gasteiger partial charge is 0.326 e. The van der Waals surface area contributed by atoms with E-state index in [0.717, 1.165) is 6.42 Å². The summed E-state index contributed by atoms with van der Waals surface area (Å²) in [6.07, 6.45) is 3.20. The second-order valence-corrected chi connectivity index (χ2v) is 6.30. The first-order valence-corrected chi connectivity index (χ1v) is 8.06. The number of hydrogen-bond acceptors (Lipinski definition) is 5. The Morgan fingerprint density at radius 1 is 1.35 bits per heavy atom. The van der Waals surface area contributed by atoms with Crippen molar-refractivity contribution >= 4 is 39.6 Å². The highest BCUT2D eigenvalue weighted by atomic mass is 32.1. The Labute approximate surface area is 124 Å². The molecule has 2 aromatic rings. The zero-order valence-electron chi connectivity index (χ0n) is 10.6. The number of anilines is 1. The smallest absolute Gasteiger partial charge is 0.264 e. The molecule has 5 nitrogen and oxygen atoms in total. The summed E-state index contributed by atoms with van der Waals surface area (Å²) in [5.74, 6) is -0.209. The molecule has 0 aromatic carbocycles. The Hall–Kier alpha value is -1.73. The Morgan fingerprint density at radius 3 is 2.95 bits per heavy atom. The second-order valence-electron chi connectivity index (χ2n) is 4.46. The number of amides is 2. The van der Waals surface area contributed by atoms with Crippen LogP contribution < -0.4 is 5.32 Å². The summed E-state index contributed by atoms with van der Waals surface area (Å²) < 4.78 is 0. The van der Waals surface area contributed by atoms with Crippen molar-refractivity contribution < 1.29 is 9.59 Å². The number of aromatic nitrogens is 1. The number of likely N-dealkylation sites (tertiary alicyclic amines) is 1. The zero-order valence-corrected chi connectivity index (χ0v) is 12.2. The van der Waals surface area contributed by atoms with Gasteiger partial charge in [-0.25, -0.2) is 4.98 Å². The summed E-state index contributed by atoms with van der Waals surface area (Å²) in [7, 11) is 0. The highest BCUT2D eigenvalue weighted by molar-refractivity contribution is 7.13. The average Bonchev–Trinajstić information content (AvgIpc) is 3.19. The van der Waals surface area contributed by atoms with E-state index in [1.165, 1.54) is 22.7 Å². The molecule has 0 aliphatic carbocycles. The summed E-state index contributed by atoms with van der Waals surface area (Å²) in [5.41, 5.74) is 0. The molecule has 104 valence electrons. The quantitative estimate of drug-likeness (QED) is 0.947. The molecule has 1 aliphatic heterocycles. The molecule has 1 atom stereocenters. The molecule has 2 aromatic heterocycles. The first kappa shape index (κ1) is 13.3. The van der Waals surface area contributed by atoms with Gasteiger partial charge in [-0.3, -0.25) is 9.59 Å². The minimum absolute atomic E-state index is 0.0585. The van der Waals surface area contributed by atoms with E-state index in [0.29, 0.717) is 23.0 Å². The zero-order chi connectivity index (χ0) is 13.9. The third kappa shape index (κ3) is 2.59. The molecule has 1 N–H and O–H groups in total. The van der Waals surface area contributed by atoms with Gasteiger partial charge in [0.15, 0.2) is 5.13 Å². The van der Waals surface area contributed by atoms with Gasteiger partial charge in [-0.2, -0.15) is 0 Å². The molecule has 20 heavy (non-hydrogen) atoms. The number of carbonyl (C=O) groups is 2. The summed E-state index contributed by atoms with van der Waals surface area (Å²) in [4.78, 5) is 31.0. The van der Waals surface area contributed by atoms with Crippen LogP contribution in [0.5, 0.6) is 0 Å². The van der Waals surface area contributed by atoms with Gasteiger partial charge in [0, 0.05) is 18.1 Å². The van der Waals surface area contributed by atoms with Crippen LogP contribution >= 0.6 is 22.7 Å². The van der Waals surface area contributed by atoms with Crippen molar-refractivity contribution in [2.75, 3.05) is 11.9 Å². The molecule has 0 radical (unpaired) electrons. The van der Waals surface area contributed by atoms with Crippen LogP contribution in [0.3, 0.4) is 0 Å². The predicted molar refractivity (Wildman–Crippen MR) is 79.1 cm³/mol. The van der Waals surface area contributed by atoms with Gasteiger partial charge in [0.25, 0.3) is 5.91 Å². The molecule has 0 spiro atoms. The van der Waals surface area contributed by atoms with E-state index in [9.17, 15) is 9.59 Å². The normalized spacial score (nSPS) is 18.2. The molecule has 0 bridgehead atoms. The van der Waals surface area contributed by atoms with E-state index < -0.39 is 6.04 Å². The number of rotatable bonds is 3. The first-order chi connectivity index (χ1) is 9.75. The Bertz CT molecular complexity index is 595. The van der Waals surface area contributed by atoms with Crippen molar-refractivity contribution in [2.45, 2.75) is 18.9 Å². The summed E-state index contributed by atoms with van der Waals surface area (Å²) >= 11 is 2.78. The predicted octanol–water partition coefficient (Wildman–Crippen LogP) is 2.45. The van der Waals surface area contributed by atoms with Crippen LogP contribution in [0.2, 0.25) is 0 Å². The fourth-order valence-electron chi connectivity index (χ4n) is 2.30. The maximum absolute atomic E-state index is 12.4. The summed E-state index contributed by atoms with van der Waals surface area (Å²) in [6, 6.07) is 3.24. The standard InChI is InChI=1S/C13H13N3O2S2/c17-11(15-13-14-5-8-20-13)9-3-1-6-16(9)12(18)10-4-2-7-19-10/h2,4-5,7-9H,1,3,6H2,(H,14,15,17)/t9-/m0/s1. The lowest BCUT2D eigenvalue weighted by molar-refractivity contribution is -0.119. The van der Waals surface area contributed by atoms with Crippen molar-refractivity contribution in [2.24, 2.45) is 0 Å². The second kappa shape index (κ2) is 5.72. The molecule has 3 rings (SSSR count). The molecule has 0 saturated carbocycles. The highest BCUT2D eigenvalue weighted by Gasteiger charge is 2.35. The molecule has 3 heterocycles. The monoisotopic (exact) mass is 307 g/mol. The molecule has 1 fully saturated rings. The molecular formula is C13H13N3O2S2. The van der Waals surface area contributed by atoms with E-state index in [1.54, 1.807) is 22.5 Å². The number of hydrogen-bond donors (Lipinski definition) is 1. The lowest BCUT2D eigenvalue weighted by Gasteiger charge is -2.22. The molecule has 1 aliphatic rings. The number of nitrogens with one attached hydrogen (secondary N) is 1. The van der Waals surface area contributed by atoms with Gasteiger partial charge in [-0.15, -0.1) is 22.7 Å². The lowest BCUT2D eigenvalue weighted by Crippen LogP contribution is -2.42. The molecule has 7 heteroatoms. The average molecular weight is 307 g/mol. The summed E-state index contributed by atoms with van der Waals surface area (Å²) in [6.45, 7) is 0.632. The van der Waals surface area contributed by atoms with Gasteiger partial charge in [-0.1, -0.05) is 6.07 Å². The van der Waals surface area contributed by atoms with Crippen LogP contribution in [0.15, 0.2) is 29.1 Å². The maximum atomic E-state index is 12.4. The van der Waals surface area contributed by atoms with Crippen LogP contribution in [0.4, 0.5) is 5.13 Å². The van der Waals surface area contributed by atoms with Crippen molar-refractivity contribution in [3.63, 3.8) is 0 Å². The fourth-order valence-corrected chi connectivity index (χ4v) is 3.51. The lowest BCUT2D eigenvalue weighted by atomic mass is 10.2. The first-order valence-electron chi connectivity index (χ1n) is 6.30. The van der Waals surface area contributed by atoms with E-state index in [2.05, 4.69) is 10.3 Å². The van der Waals surface area contributed by atoms with Gasteiger partial charge in [0.2, 0.25) is 5.91 Å². The molecule has 2 amide bonds.